The van der Waals surface area contributed by atoms with E-state index in [9.17, 15) is 9.90 Å². The van der Waals surface area contributed by atoms with Crippen molar-refractivity contribution in [3.8, 4) is 5.75 Å². The number of benzene rings is 2. The molecule has 0 unspecified atom stereocenters. The van der Waals surface area contributed by atoms with Crippen molar-refractivity contribution >= 4 is 23.4 Å². The maximum atomic E-state index is 11.7. The molecular formula is C15H15NO2S. The van der Waals surface area contributed by atoms with Crippen molar-refractivity contribution in [2.75, 3.05) is 11.1 Å². The molecule has 0 fully saturated rings. The van der Waals surface area contributed by atoms with Gasteiger partial charge in [-0.3, -0.25) is 4.79 Å². The van der Waals surface area contributed by atoms with Crippen LogP contribution in [0, 0.1) is 0 Å². The second kappa shape index (κ2) is 6.85. The highest BCUT2D eigenvalue weighted by Crippen LogP contribution is 2.16. The first kappa shape index (κ1) is 13.5. The van der Waals surface area contributed by atoms with Crippen LogP contribution in [-0.2, 0) is 10.5 Å². The summed E-state index contributed by atoms with van der Waals surface area (Å²) < 4.78 is 0. The standard InChI is InChI=1S/C15H15NO2S/c17-14-8-4-7-13(9-14)16-15(18)11-19-10-12-5-2-1-3-6-12/h1-9,17H,10-11H2,(H,16,18). The van der Waals surface area contributed by atoms with E-state index in [4.69, 9.17) is 0 Å². The molecule has 2 aromatic carbocycles. The van der Waals surface area contributed by atoms with Gasteiger partial charge in [0, 0.05) is 17.5 Å². The number of carbonyl (C=O) groups is 1. The Labute approximate surface area is 116 Å². The summed E-state index contributed by atoms with van der Waals surface area (Å²) in [6.45, 7) is 0. The van der Waals surface area contributed by atoms with E-state index in [-0.39, 0.29) is 11.7 Å². The average molecular weight is 273 g/mol. The highest BCUT2D eigenvalue weighted by atomic mass is 32.2. The lowest BCUT2D eigenvalue weighted by Crippen LogP contribution is -2.14. The first-order chi connectivity index (χ1) is 9.24. The van der Waals surface area contributed by atoms with Crippen LogP contribution in [0.4, 0.5) is 5.69 Å². The van der Waals surface area contributed by atoms with Crippen molar-refractivity contribution in [1.82, 2.24) is 0 Å². The zero-order chi connectivity index (χ0) is 13.5. The lowest BCUT2D eigenvalue weighted by Gasteiger charge is -2.05. The Kier molecular flexibility index (Phi) is 4.86. The van der Waals surface area contributed by atoms with Crippen molar-refractivity contribution < 1.29 is 9.90 Å². The number of rotatable bonds is 5. The van der Waals surface area contributed by atoms with Crippen molar-refractivity contribution in [1.29, 1.82) is 0 Å². The van der Waals surface area contributed by atoms with Crippen molar-refractivity contribution in [3.63, 3.8) is 0 Å². The molecule has 0 heterocycles. The van der Waals surface area contributed by atoms with Gasteiger partial charge < -0.3 is 10.4 Å². The number of amides is 1. The summed E-state index contributed by atoms with van der Waals surface area (Å²) in [5, 5.41) is 12.0. The molecule has 2 rings (SSSR count). The first-order valence-corrected chi connectivity index (χ1v) is 7.10. The number of phenolic OH excluding ortho intramolecular Hbond substituents is 1. The maximum absolute atomic E-state index is 11.7. The second-order valence-electron chi connectivity index (χ2n) is 4.08. The fourth-order valence-electron chi connectivity index (χ4n) is 1.62. The van der Waals surface area contributed by atoms with E-state index in [1.807, 2.05) is 30.3 Å². The number of hydrogen-bond donors (Lipinski definition) is 2. The molecule has 4 heteroatoms. The predicted molar refractivity (Wildman–Crippen MR) is 79.3 cm³/mol. The molecule has 2 aromatic rings. The highest BCUT2D eigenvalue weighted by Gasteiger charge is 2.03. The third-order valence-corrected chi connectivity index (χ3v) is 3.48. The van der Waals surface area contributed by atoms with Gasteiger partial charge in [-0.15, -0.1) is 11.8 Å². The number of hydrogen-bond acceptors (Lipinski definition) is 3. The van der Waals surface area contributed by atoms with Crippen LogP contribution in [-0.4, -0.2) is 16.8 Å². The molecule has 0 aliphatic heterocycles. The molecule has 19 heavy (non-hydrogen) atoms. The number of carbonyl (C=O) groups excluding carboxylic acids is 1. The summed E-state index contributed by atoms with van der Waals surface area (Å²) in [7, 11) is 0. The summed E-state index contributed by atoms with van der Waals surface area (Å²) in [6.07, 6.45) is 0. The Morgan fingerprint density at radius 2 is 1.89 bits per heavy atom. The Morgan fingerprint density at radius 3 is 2.63 bits per heavy atom. The molecule has 98 valence electrons. The van der Waals surface area contributed by atoms with Gasteiger partial charge in [-0.25, -0.2) is 0 Å². The minimum atomic E-state index is -0.0634. The van der Waals surface area contributed by atoms with Crippen LogP contribution in [0.1, 0.15) is 5.56 Å². The van der Waals surface area contributed by atoms with Crippen LogP contribution < -0.4 is 5.32 Å². The fraction of sp³-hybridized carbons (Fsp3) is 0.133. The van der Waals surface area contributed by atoms with E-state index in [2.05, 4.69) is 5.32 Å². The summed E-state index contributed by atoms with van der Waals surface area (Å²) in [5.41, 5.74) is 1.82. The number of nitrogens with one attached hydrogen (secondary N) is 1. The van der Waals surface area contributed by atoms with Crippen LogP contribution >= 0.6 is 11.8 Å². The highest BCUT2D eigenvalue weighted by molar-refractivity contribution is 7.99. The number of aromatic hydroxyl groups is 1. The van der Waals surface area contributed by atoms with E-state index in [0.29, 0.717) is 11.4 Å². The van der Waals surface area contributed by atoms with Gasteiger partial charge in [0.15, 0.2) is 0 Å². The summed E-state index contributed by atoms with van der Waals surface area (Å²) in [4.78, 5) is 11.7. The topological polar surface area (TPSA) is 49.3 Å². The van der Waals surface area contributed by atoms with Crippen LogP contribution in [0.5, 0.6) is 5.75 Å². The smallest absolute Gasteiger partial charge is 0.234 e. The molecule has 3 nitrogen and oxygen atoms in total. The Bertz CT molecular complexity index is 543. The third kappa shape index (κ3) is 4.67. The number of anilines is 1. The molecule has 0 radical (unpaired) electrons. The van der Waals surface area contributed by atoms with Gasteiger partial charge in [0.2, 0.25) is 5.91 Å². The summed E-state index contributed by atoms with van der Waals surface area (Å²) in [5.74, 6) is 1.29. The fourth-order valence-corrected chi connectivity index (χ4v) is 2.40. The van der Waals surface area contributed by atoms with Crippen molar-refractivity contribution in [3.05, 3.63) is 60.2 Å². The Morgan fingerprint density at radius 1 is 1.11 bits per heavy atom. The van der Waals surface area contributed by atoms with E-state index in [1.165, 1.54) is 11.6 Å². The van der Waals surface area contributed by atoms with Crippen molar-refractivity contribution in [2.24, 2.45) is 0 Å². The molecule has 0 spiro atoms. The van der Waals surface area contributed by atoms with Crippen LogP contribution in [0.2, 0.25) is 0 Å². The zero-order valence-corrected chi connectivity index (χ0v) is 11.2. The van der Waals surface area contributed by atoms with Crippen LogP contribution in [0.3, 0.4) is 0 Å². The summed E-state index contributed by atoms with van der Waals surface area (Å²) >= 11 is 1.56. The molecule has 1 amide bonds. The second-order valence-corrected chi connectivity index (χ2v) is 5.06. The van der Waals surface area contributed by atoms with Gasteiger partial charge in [0.05, 0.1) is 5.75 Å². The van der Waals surface area contributed by atoms with Gasteiger partial charge in [0.1, 0.15) is 5.75 Å². The monoisotopic (exact) mass is 273 g/mol. The largest absolute Gasteiger partial charge is 0.508 e. The van der Waals surface area contributed by atoms with Gasteiger partial charge in [-0.1, -0.05) is 36.4 Å². The minimum Gasteiger partial charge on any atom is -0.508 e. The Balaban J connectivity index is 1.76. The van der Waals surface area contributed by atoms with E-state index in [0.717, 1.165) is 5.75 Å². The van der Waals surface area contributed by atoms with Crippen LogP contribution in [0.15, 0.2) is 54.6 Å². The van der Waals surface area contributed by atoms with Gasteiger partial charge in [-0.2, -0.15) is 0 Å². The third-order valence-electron chi connectivity index (χ3n) is 2.47. The molecule has 0 saturated carbocycles. The molecule has 0 bridgehead atoms. The van der Waals surface area contributed by atoms with Crippen molar-refractivity contribution in [2.45, 2.75) is 5.75 Å². The number of phenols is 1. The van der Waals surface area contributed by atoms with E-state index < -0.39 is 0 Å². The Hall–Kier alpha value is -1.94. The van der Waals surface area contributed by atoms with Gasteiger partial charge in [-0.05, 0) is 17.7 Å². The first-order valence-electron chi connectivity index (χ1n) is 5.94. The normalized spacial score (nSPS) is 10.1. The molecule has 0 aliphatic carbocycles. The quantitative estimate of drug-likeness (QED) is 0.879. The van der Waals surface area contributed by atoms with E-state index in [1.54, 1.807) is 30.0 Å². The average Bonchev–Trinajstić information content (AvgIpc) is 2.40. The lowest BCUT2D eigenvalue weighted by molar-refractivity contribution is -0.113. The SMILES string of the molecule is O=C(CSCc1ccccc1)Nc1cccc(O)c1. The lowest BCUT2D eigenvalue weighted by atomic mass is 10.2. The summed E-state index contributed by atoms with van der Waals surface area (Å²) in [6, 6.07) is 16.6. The number of thioether (sulfide) groups is 1. The van der Waals surface area contributed by atoms with Crippen LogP contribution in [0.25, 0.3) is 0 Å². The zero-order valence-electron chi connectivity index (χ0n) is 10.4. The molecule has 0 saturated heterocycles. The van der Waals surface area contributed by atoms with Gasteiger partial charge >= 0.3 is 0 Å². The molecule has 0 aromatic heterocycles. The van der Waals surface area contributed by atoms with E-state index >= 15 is 0 Å². The molecular weight excluding hydrogens is 258 g/mol. The minimum absolute atomic E-state index is 0.0634. The predicted octanol–water partition coefficient (Wildman–Crippen LogP) is 3.26. The molecule has 2 N–H and O–H groups in total. The molecule has 0 atom stereocenters. The maximum Gasteiger partial charge on any atom is 0.234 e. The van der Waals surface area contributed by atoms with Gasteiger partial charge in [0.25, 0.3) is 0 Å². The molecule has 0 aliphatic rings.